The predicted octanol–water partition coefficient (Wildman–Crippen LogP) is 4.38. The Morgan fingerprint density at radius 1 is 1.12 bits per heavy atom. The number of nitrogens with zero attached hydrogens (tertiary/aromatic N) is 3. The summed E-state index contributed by atoms with van der Waals surface area (Å²) in [5.74, 6) is 0.670. The molecule has 2 heterocycles. The Morgan fingerprint density at radius 3 is 2.62 bits per heavy atom. The van der Waals surface area contributed by atoms with Crippen molar-refractivity contribution in [2.24, 2.45) is 5.92 Å². The maximum Gasteiger partial charge on any atom is 0.338 e. The number of ether oxygens (including phenoxy) is 1. The van der Waals surface area contributed by atoms with E-state index in [4.69, 9.17) is 9.26 Å². The van der Waals surface area contributed by atoms with Crippen LogP contribution in [-0.4, -0.2) is 46.6 Å². The van der Waals surface area contributed by atoms with Gasteiger partial charge in [-0.05, 0) is 70.0 Å². The van der Waals surface area contributed by atoms with Crippen molar-refractivity contribution in [2.75, 3.05) is 25.0 Å². The lowest BCUT2D eigenvalue weighted by Gasteiger charge is -2.30. The maximum absolute atomic E-state index is 12.9. The minimum absolute atomic E-state index is 0.0246. The van der Waals surface area contributed by atoms with E-state index in [0.717, 1.165) is 42.6 Å². The first-order chi connectivity index (χ1) is 16.4. The van der Waals surface area contributed by atoms with Crippen molar-refractivity contribution < 1.29 is 18.8 Å². The summed E-state index contributed by atoms with van der Waals surface area (Å²) in [7, 11) is 0. The van der Waals surface area contributed by atoms with E-state index in [-0.39, 0.29) is 11.8 Å². The van der Waals surface area contributed by atoms with Crippen LogP contribution in [0.5, 0.6) is 0 Å². The number of rotatable bonds is 7. The van der Waals surface area contributed by atoms with E-state index in [0.29, 0.717) is 36.1 Å². The molecule has 1 fully saturated rings. The minimum atomic E-state index is -0.391. The van der Waals surface area contributed by atoms with Gasteiger partial charge in [0.15, 0.2) is 0 Å². The normalized spacial score (nSPS) is 14.7. The van der Waals surface area contributed by atoms with Crippen LogP contribution >= 0.6 is 0 Å². The number of piperidine rings is 1. The van der Waals surface area contributed by atoms with Crippen LogP contribution in [-0.2, 0) is 16.1 Å². The number of nitrogens with one attached hydrogen (secondary N) is 1. The van der Waals surface area contributed by atoms with Crippen LogP contribution in [0.4, 0.5) is 5.69 Å². The number of benzene rings is 2. The molecule has 0 radical (unpaired) electrons. The lowest BCUT2D eigenvalue weighted by atomic mass is 9.95. The molecule has 1 aliphatic rings. The predicted molar refractivity (Wildman–Crippen MR) is 128 cm³/mol. The van der Waals surface area contributed by atoms with E-state index in [2.05, 4.69) is 20.4 Å². The third kappa shape index (κ3) is 5.51. The van der Waals surface area contributed by atoms with Crippen LogP contribution in [0.25, 0.3) is 11.4 Å². The van der Waals surface area contributed by atoms with Gasteiger partial charge in [-0.2, -0.15) is 4.98 Å². The van der Waals surface area contributed by atoms with E-state index in [1.54, 1.807) is 19.1 Å². The van der Waals surface area contributed by atoms with Crippen LogP contribution in [0.3, 0.4) is 0 Å². The summed E-state index contributed by atoms with van der Waals surface area (Å²) >= 11 is 0. The third-order valence-electron chi connectivity index (χ3n) is 6.18. The summed E-state index contributed by atoms with van der Waals surface area (Å²) in [6.07, 6.45) is 1.47. The Balaban J connectivity index is 1.31. The lowest BCUT2D eigenvalue weighted by Crippen LogP contribution is -2.37. The van der Waals surface area contributed by atoms with Crippen LogP contribution in [0.15, 0.2) is 47.0 Å². The SMILES string of the molecule is CCOC(=O)c1ccc(C)c(NC(=O)C2CCN(Cc3nc(-c4ccccc4C)no3)CC2)c1. The number of esters is 1. The Hall–Kier alpha value is -3.52. The summed E-state index contributed by atoms with van der Waals surface area (Å²) in [5, 5.41) is 7.13. The van der Waals surface area contributed by atoms with Gasteiger partial charge in [-0.25, -0.2) is 4.79 Å². The molecule has 0 unspecified atom stereocenters. The van der Waals surface area contributed by atoms with E-state index in [9.17, 15) is 9.59 Å². The van der Waals surface area contributed by atoms with E-state index in [1.165, 1.54) is 0 Å². The molecule has 1 saturated heterocycles. The Morgan fingerprint density at radius 2 is 1.88 bits per heavy atom. The number of hydrogen-bond acceptors (Lipinski definition) is 7. The van der Waals surface area contributed by atoms with Gasteiger partial charge in [0.2, 0.25) is 17.6 Å². The number of carbonyl (C=O) groups excluding carboxylic acids is 2. The van der Waals surface area contributed by atoms with Crippen molar-refractivity contribution >= 4 is 17.6 Å². The van der Waals surface area contributed by atoms with Gasteiger partial charge >= 0.3 is 5.97 Å². The number of aryl methyl sites for hydroxylation is 2. The molecular weight excluding hydrogens is 432 g/mol. The summed E-state index contributed by atoms with van der Waals surface area (Å²) in [6, 6.07) is 13.2. The molecule has 178 valence electrons. The standard InChI is InChI=1S/C26H30N4O4/c1-4-33-26(32)20-10-9-18(3)22(15-20)27-25(31)19-11-13-30(14-12-19)16-23-28-24(29-34-23)21-8-6-5-7-17(21)2/h5-10,15,19H,4,11-14,16H2,1-3H3,(H,27,31). The summed E-state index contributed by atoms with van der Waals surface area (Å²) in [4.78, 5) is 31.7. The molecule has 0 spiro atoms. The van der Waals surface area contributed by atoms with Crippen LogP contribution in [0.1, 0.15) is 47.1 Å². The second-order valence-corrected chi connectivity index (χ2v) is 8.62. The zero-order chi connectivity index (χ0) is 24.1. The first kappa shape index (κ1) is 23.6. The third-order valence-corrected chi connectivity index (χ3v) is 6.18. The molecule has 2 aromatic carbocycles. The molecule has 3 aromatic rings. The molecule has 1 aromatic heterocycles. The van der Waals surface area contributed by atoms with Crippen molar-refractivity contribution in [1.82, 2.24) is 15.0 Å². The first-order valence-electron chi connectivity index (χ1n) is 11.6. The smallest absolute Gasteiger partial charge is 0.338 e. The molecule has 0 aliphatic carbocycles. The Labute approximate surface area is 199 Å². The number of anilines is 1. The highest BCUT2D eigenvalue weighted by Gasteiger charge is 2.26. The van der Waals surface area contributed by atoms with Gasteiger partial charge in [-0.15, -0.1) is 0 Å². The van der Waals surface area contributed by atoms with Gasteiger partial charge in [-0.1, -0.05) is 35.5 Å². The summed E-state index contributed by atoms with van der Waals surface area (Å²) in [5.41, 5.74) is 4.05. The average molecular weight is 463 g/mol. The van der Waals surface area contributed by atoms with Crippen LogP contribution in [0, 0.1) is 19.8 Å². The highest BCUT2D eigenvalue weighted by molar-refractivity contribution is 5.96. The van der Waals surface area contributed by atoms with Gasteiger partial charge < -0.3 is 14.6 Å². The number of aromatic nitrogens is 2. The quantitative estimate of drug-likeness (QED) is 0.520. The zero-order valence-corrected chi connectivity index (χ0v) is 19.8. The second-order valence-electron chi connectivity index (χ2n) is 8.62. The molecule has 8 nitrogen and oxygen atoms in total. The molecule has 1 N–H and O–H groups in total. The fourth-order valence-corrected chi connectivity index (χ4v) is 4.13. The lowest BCUT2D eigenvalue weighted by molar-refractivity contribution is -0.121. The molecule has 0 saturated carbocycles. The molecule has 0 atom stereocenters. The molecular formula is C26H30N4O4. The van der Waals surface area contributed by atoms with E-state index >= 15 is 0 Å². The van der Waals surface area contributed by atoms with Gasteiger partial charge in [0.05, 0.1) is 18.7 Å². The van der Waals surface area contributed by atoms with Crippen molar-refractivity contribution in [3.63, 3.8) is 0 Å². The number of carbonyl (C=O) groups is 2. The van der Waals surface area contributed by atoms with Crippen molar-refractivity contribution in [2.45, 2.75) is 40.2 Å². The average Bonchev–Trinajstić information content (AvgIpc) is 3.29. The monoisotopic (exact) mass is 462 g/mol. The number of likely N-dealkylation sites (tertiary alicyclic amines) is 1. The molecule has 4 rings (SSSR count). The minimum Gasteiger partial charge on any atom is -0.462 e. The molecule has 1 amide bonds. The van der Waals surface area contributed by atoms with Crippen LogP contribution in [0.2, 0.25) is 0 Å². The van der Waals surface area contributed by atoms with Gasteiger partial charge in [-0.3, -0.25) is 9.69 Å². The van der Waals surface area contributed by atoms with Crippen LogP contribution < -0.4 is 5.32 Å². The topological polar surface area (TPSA) is 97.6 Å². The summed E-state index contributed by atoms with van der Waals surface area (Å²) < 4.78 is 10.5. The van der Waals surface area contributed by atoms with Gasteiger partial charge in [0.25, 0.3) is 0 Å². The largest absolute Gasteiger partial charge is 0.462 e. The highest BCUT2D eigenvalue weighted by atomic mass is 16.5. The number of hydrogen-bond donors (Lipinski definition) is 1. The van der Waals surface area contributed by atoms with Crippen molar-refractivity contribution in [3.05, 3.63) is 65.0 Å². The molecule has 8 heteroatoms. The Bertz CT molecular complexity index is 1170. The van der Waals surface area contributed by atoms with E-state index < -0.39 is 5.97 Å². The van der Waals surface area contributed by atoms with E-state index in [1.807, 2.05) is 44.2 Å². The molecule has 1 aliphatic heterocycles. The highest BCUT2D eigenvalue weighted by Crippen LogP contribution is 2.24. The number of amides is 1. The Kier molecular flexibility index (Phi) is 7.37. The first-order valence-corrected chi connectivity index (χ1v) is 11.6. The van der Waals surface area contributed by atoms with Crippen molar-refractivity contribution in [1.29, 1.82) is 0 Å². The van der Waals surface area contributed by atoms with Gasteiger partial charge in [0, 0.05) is 17.2 Å². The van der Waals surface area contributed by atoms with Crippen molar-refractivity contribution in [3.8, 4) is 11.4 Å². The fourth-order valence-electron chi connectivity index (χ4n) is 4.13. The van der Waals surface area contributed by atoms with Gasteiger partial charge in [0.1, 0.15) is 0 Å². The molecule has 34 heavy (non-hydrogen) atoms. The maximum atomic E-state index is 12.9. The molecule has 0 bridgehead atoms. The summed E-state index contributed by atoms with van der Waals surface area (Å²) in [6.45, 7) is 8.10. The zero-order valence-electron chi connectivity index (χ0n) is 19.8. The fraction of sp³-hybridized carbons (Fsp3) is 0.385. The second kappa shape index (κ2) is 10.6.